The van der Waals surface area contributed by atoms with Crippen molar-refractivity contribution in [2.24, 2.45) is 0 Å². The van der Waals surface area contributed by atoms with Crippen molar-refractivity contribution >= 4 is 10.0 Å². The Bertz CT molecular complexity index is 904. The van der Waals surface area contributed by atoms with Gasteiger partial charge < -0.3 is 14.2 Å². The zero-order valence-electron chi connectivity index (χ0n) is 15.5. The summed E-state index contributed by atoms with van der Waals surface area (Å²) in [6, 6.07) is 14.8. The Morgan fingerprint density at radius 3 is 2.61 bits per heavy atom. The quantitative estimate of drug-likeness (QED) is 0.791. The second-order valence-electron chi connectivity index (χ2n) is 6.77. The Morgan fingerprint density at radius 1 is 1.00 bits per heavy atom. The molecule has 0 saturated carbocycles. The molecule has 8 heteroatoms. The summed E-state index contributed by atoms with van der Waals surface area (Å²) in [7, 11) is -3.60. The van der Waals surface area contributed by atoms with E-state index in [0.29, 0.717) is 44.4 Å². The lowest BCUT2D eigenvalue weighted by Crippen LogP contribution is -2.42. The van der Waals surface area contributed by atoms with Crippen LogP contribution < -0.4 is 14.2 Å². The van der Waals surface area contributed by atoms with E-state index in [9.17, 15) is 8.42 Å². The van der Waals surface area contributed by atoms with Crippen LogP contribution in [0.4, 0.5) is 0 Å². The van der Waals surface area contributed by atoms with E-state index < -0.39 is 10.0 Å². The van der Waals surface area contributed by atoms with Crippen LogP contribution >= 0.6 is 0 Å². The highest BCUT2D eigenvalue weighted by atomic mass is 32.2. The molecule has 0 radical (unpaired) electrons. The van der Waals surface area contributed by atoms with Crippen LogP contribution in [-0.2, 0) is 14.8 Å². The number of morpholine rings is 1. The second-order valence-corrected chi connectivity index (χ2v) is 8.54. The highest BCUT2D eigenvalue weighted by Gasteiger charge is 2.23. The highest BCUT2D eigenvalue weighted by Crippen LogP contribution is 2.32. The van der Waals surface area contributed by atoms with E-state index in [1.54, 1.807) is 6.07 Å². The van der Waals surface area contributed by atoms with E-state index in [-0.39, 0.29) is 11.0 Å². The molecule has 1 atom stereocenters. The van der Waals surface area contributed by atoms with Gasteiger partial charge in [-0.15, -0.1) is 0 Å². The summed E-state index contributed by atoms with van der Waals surface area (Å²) in [4.78, 5) is 2.40. The van der Waals surface area contributed by atoms with Gasteiger partial charge in [-0.05, 0) is 17.7 Å². The van der Waals surface area contributed by atoms with E-state index in [4.69, 9.17) is 14.2 Å². The molecule has 1 fully saturated rings. The van der Waals surface area contributed by atoms with Gasteiger partial charge in [0.15, 0.2) is 11.5 Å². The van der Waals surface area contributed by atoms with Gasteiger partial charge >= 0.3 is 0 Å². The fourth-order valence-corrected chi connectivity index (χ4v) is 4.42. The molecule has 0 bridgehead atoms. The highest BCUT2D eigenvalue weighted by molar-refractivity contribution is 7.89. The maximum atomic E-state index is 12.6. The van der Waals surface area contributed by atoms with Crippen molar-refractivity contribution in [2.45, 2.75) is 11.0 Å². The lowest BCUT2D eigenvalue weighted by Gasteiger charge is -2.33. The monoisotopic (exact) mass is 404 g/mol. The molecule has 2 aromatic rings. The van der Waals surface area contributed by atoms with Crippen molar-refractivity contribution in [1.29, 1.82) is 0 Å². The number of benzene rings is 2. The Labute approximate surface area is 165 Å². The number of hydrogen-bond acceptors (Lipinski definition) is 6. The molecular weight excluding hydrogens is 380 g/mol. The zero-order valence-corrected chi connectivity index (χ0v) is 16.4. The first-order chi connectivity index (χ1) is 13.6. The van der Waals surface area contributed by atoms with Gasteiger partial charge in [0.25, 0.3) is 0 Å². The maximum Gasteiger partial charge on any atom is 0.240 e. The van der Waals surface area contributed by atoms with Crippen molar-refractivity contribution in [3.63, 3.8) is 0 Å². The number of nitrogens with one attached hydrogen (secondary N) is 1. The lowest BCUT2D eigenvalue weighted by atomic mass is 10.1. The van der Waals surface area contributed by atoms with Gasteiger partial charge in [-0.1, -0.05) is 30.3 Å². The molecule has 1 N–H and O–H groups in total. The van der Waals surface area contributed by atoms with Crippen molar-refractivity contribution in [3.8, 4) is 11.5 Å². The predicted octanol–water partition coefficient (Wildman–Crippen LogP) is 1.81. The number of hydrogen-bond donors (Lipinski definition) is 1. The van der Waals surface area contributed by atoms with Crippen molar-refractivity contribution in [1.82, 2.24) is 9.62 Å². The van der Waals surface area contributed by atoms with Crippen LogP contribution in [0.15, 0.2) is 53.4 Å². The van der Waals surface area contributed by atoms with Gasteiger partial charge in [-0.25, -0.2) is 13.1 Å². The van der Waals surface area contributed by atoms with Crippen molar-refractivity contribution in [2.75, 3.05) is 46.0 Å². The molecule has 7 nitrogen and oxygen atoms in total. The number of nitrogens with zero attached hydrogens (tertiary/aromatic N) is 1. The number of sulfonamides is 1. The van der Waals surface area contributed by atoms with E-state index in [0.717, 1.165) is 18.7 Å². The largest absolute Gasteiger partial charge is 0.486 e. The molecule has 2 heterocycles. The minimum Gasteiger partial charge on any atom is -0.486 e. The summed E-state index contributed by atoms with van der Waals surface area (Å²) in [5, 5.41) is 0. The SMILES string of the molecule is O=S(=O)(NCCN1CCOC(c2ccccc2)C1)c1ccc2c(c1)OCCO2. The van der Waals surface area contributed by atoms with Gasteiger partial charge in [0.2, 0.25) is 10.0 Å². The zero-order chi connectivity index (χ0) is 19.4. The molecule has 2 aliphatic rings. The fourth-order valence-electron chi connectivity index (χ4n) is 3.39. The minimum absolute atomic E-state index is 0.0179. The van der Waals surface area contributed by atoms with Gasteiger partial charge in [0, 0.05) is 32.2 Å². The molecule has 4 rings (SSSR count). The first-order valence-electron chi connectivity index (χ1n) is 9.40. The first kappa shape index (κ1) is 19.2. The number of ether oxygens (including phenoxy) is 3. The van der Waals surface area contributed by atoms with E-state index in [2.05, 4.69) is 21.8 Å². The summed E-state index contributed by atoms with van der Waals surface area (Å²) >= 11 is 0. The van der Waals surface area contributed by atoms with Gasteiger partial charge in [0.1, 0.15) is 13.2 Å². The third-order valence-corrected chi connectivity index (χ3v) is 6.32. The van der Waals surface area contributed by atoms with Crippen LogP contribution in [0.2, 0.25) is 0 Å². The van der Waals surface area contributed by atoms with Crippen LogP contribution in [0.1, 0.15) is 11.7 Å². The van der Waals surface area contributed by atoms with Crippen molar-refractivity contribution in [3.05, 3.63) is 54.1 Å². The summed E-state index contributed by atoms with van der Waals surface area (Å²) in [5.41, 5.74) is 1.14. The standard InChI is InChI=1S/C20H24N2O5S/c23-28(24,17-6-7-18-19(14-17)27-13-12-26-18)21-8-9-22-10-11-25-20(15-22)16-4-2-1-3-5-16/h1-7,14,20-21H,8-13,15H2. The number of fused-ring (bicyclic) bond motifs is 1. The molecule has 1 saturated heterocycles. The second kappa shape index (κ2) is 8.48. The topological polar surface area (TPSA) is 77.1 Å². The third kappa shape index (κ3) is 4.47. The van der Waals surface area contributed by atoms with Crippen LogP contribution in [-0.4, -0.2) is 59.3 Å². The molecule has 0 aliphatic carbocycles. The molecular formula is C20H24N2O5S. The fraction of sp³-hybridized carbons (Fsp3) is 0.400. The lowest BCUT2D eigenvalue weighted by molar-refractivity contribution is -0.0291. The van der Waals surface area contributed by atoms with Gasteiger partial charge in [0.05, 0.1) is 17.6 Å². The molecule has 2 aliphatic heterocycles. The van der Waals surface area contributed by atoms with Crippen LogP contribution in [0.3, 0.4) is 0 Å². The van der Waals surface area contributed by atoms with Crippen LogP contribution in [0.5, 0.6) is 11.5 Å². The first-order valence-corrected chi connectivity index (χ1v) is 10.9. The van der Waals surface area contributed by atoms with Crippen LogP contribution in [0.25, 0.3) is 0 Å². The Morgan fingerprint density at radius 2 is 1.79 bits per heavy atom. The van der Waals surface area contributed by atoms with Crippen LogP contribution in [0, 0.1) is 0 Å². The van der Waals surface area contributed by atoms with E-state index in [1.807, 2.05) is 18.2 Å². The average molecular weight is 404 g/mol. The van der Waals surface area contributed by atoms with E-state index >= 15 is 0 Å². The summed E-state index contributed by atoms with van der Waals surface area (Å²) in [6.07, 6.45) is 0.0179. The van der Waals surface area contributed by atoms with E-state index in [1.165, 1.54) is 12.1 Å². The Hall–Kier alpha value is -2.13. The Balaban J connectivity index is 1.33. The average Bonchev–Trinajstić information content (AvgIpc) is 2.74. The normalized spacial score (nSPS) is 20.1. The molecule has 1 unspecified atom stereocenters. The minimum atomic E-state index is -3.60. The molecule has 0 aromatic heterocycles. The Kier molecular flexibility index (Phi) is 5.82. The van der Waals surface area contributed by atoms with Crippen molar-refractivity contribution < 1.29 is 22.6 Å². The number of rotatable bonds is 6. The maximum absolute atomic E-state index is 12.6. The summed E-state index contributed by atoms with van der Waals surface area (Å²) < 4.78 is 44.6. The third-order valence-electron chi connectivity index (χ3n) is 4.87. The molecule has 2 aromatic carbocycles. The van der Waals surface area contributed by atoms with Gasteiger partial charge in [-0.3, -0.25) is 4.90 Å². The molecule has 28 heavy (non-hydrogen) atoms. The summed E-state index contributed by atoms with van der Waals surface area (Å²) in [6.45, 7) is 4.01. The predicted molar refractivity (Wildman–Crippen MR) is 104 cm³/mol. The van der Waals surface area contributed by atoms with Gasteiger partial charge in [-0.2, -0.15) is 0 Å². The molecule has 0 spiro atoms. The molecule has 150 valence electrons. The summed E-state index contributed by atoms with van der Waals surface area (Å²) in [5.74, 6) is 1.04. The smallest absolute Gasteiger partial charge is 0.240 e. The molecule has 0 amide bonds.